The summed E-state index contributed by atoms with van der Waals surface area (Å²) in [7, 11) is 0. The normalized spacial score (nSPS) is 11.0. The Balaban J connectivity index is 2.97. The Morgan fingerprint density at radius 1 is 1.44 bits per heavy atom. The van der Waals surface area contributed by atoms with E-state index in [-0.39, 0.29) is 11.4 Å². The van der Waals surface area contributed by atoms with Gasteiger partial charge < -0.3 is 5.32 Å². The standard InChI is InChI=1S/C13H16BrNO/c1-5-9-6-7-10(11(14)8-9)12(16)15-13(2,3)4/h5-8H,1H2,2-4H3,(H,15,16). The van der Waals surface area contributed by atoms with Gasteiger partial charge in [0.1, 0.15) is 0 Å². The molecule has 86 valence electrons. The van der Waals surface area contributed by atoms with Crippen molar-refractivity contribution in [2.75, 3.05) is 0 Å². The highest BCUT2D eigenvalue weighted by Crippen LogP contribution is 2.20. The SMILES string of the molecule is C=Cc1ccc(C(=O)NC(C)(C)C)c(Br)c1. The average molecular weight is 282 g/mol. The van der Waals surface area contributed by atoms with Crippen LogP contribution in [0.4, 0.5) is 0 Å². The molecule has 0 bridgehead atoms. The largest absolute Gasteiger partial charge is 0.347 e. The van der Waals surface area contributed by atoms with Crippen LogP contribution in [0.25, 0.3) is 6.08 Å². The van der Waals surface area contributed by atoms with Crippen molar-refractivity contribution in [1.29, 1.82) is 0 Å². The molecule has 0 aliphatic carbocycles. The molecule has 0 spiro atoms. The number of rotatable bonds is 2. The van der Waals surface area contributed by atoms with Crippen LogP contribution in [-0.4, -0.2) is 11.4 Å². The van der Waals surface area contributed by atoms with E-state index in [1.165, 1.54) is 0 Å². The highest BCUT2D eigenvalue weighted by Gasteiger charge is 2.17. The Labute approximate surface area is 105 Å². The Bertz CT molecular complexity index is 418. The van der Waals surface area contributed by atoms with Crippen LogP contribution in [0.5, 0.6) is 0 Å². The van der Waals surface area contributed by atoms with Crippen LogP contribution in [0.15, 0.2) is 29.3 Å². The van der Waals surface area contributed by atoms with E-state index < -0.39 is 0 Å². The van der Waals surface area contributed by atoms with Crippen molar-refractivity contribution in [3.05, 3.63) is 40.4 Å². The summed E-state index contributed by atoms with van der Waals surface area (Å²) in [5.74, 6) is -0.0741. The van der Waals surface area contributed by atoms with Gasteiger partial charge in [-0.25, -0.2) is 0 Å². The van der Waals surface area contributed by atoms with E-state index in [1.807, 2.05) is 32.9 Å². The van der Waals surface area contributed by atoms with Crippen LogP contribution in [0.3, 0.4) is 0 Å². The fourth-order valence-electron chi connectivity index (χ4n) is 1.25. The Hall–Kier alpha value is -1.09. The van der Waals surface area contributed by atoms with Crippen molar-refractivity contribution in [3.63, 3.8) is 0 Å². The summed E-state index contributed by atoms with van der Waals surface area (Å²) >= 11 is 3.39. The second-order valence-electron chi connectivity index (χ2n) is 4.65. The molecule has 0 aliphatic heterocycles. The van der Waals surface area contributed by atoms with Gasteiger partial charge in [0.15, 0.2) is 0 Å². The number of halogens is 1. The van der Waals surface area contributed by atoms with Gasteiger partial charge >= 0.3 is 0 Å². The van der Waals surface area contributed by atoms with Gasteiger partial charge in [-0.15, -0.1) is 0 Å². The van der Waals surface area contributed by atoms with Crippen molar-refractivity contribution in [1.82, 2.24) is 5.32 Å². The van der Waals surface area contributed by atoms with Crippen molar-refractivity contribution < 1.29 is 4.79 Å². The molecule has 0 saturated heterocycles. The van der Waals surface area contributed by atoms with Crippen molar-refractivity contribution >= 4 is 27.9 Å². The van der Waals surface area contributed by atoms with Gasteiger partial charge in [0, 0.05) is 10.0 Å². The molecule has 3 heteroatoms. The first kappa shape index (κ1) is 13.0. The lowest BCUT2D eigenvalue weighted by Crippen LogP contribution is -2.40. The Kier molecular flexibility index (Phi) is 3.92. The number of hydrogen-bond donors (Lipinski definition) is 1. The molecule has 1 N–H and O–H groups in total. The molecule has 0 aromatic heterocycles. The molecule has 1 aromatic carbocycles. The monoisotopic (exact) mass is 281 g/mol. The third-order valence-corrected chi connectivity index (χ3v) is 2.62. The van der Waals surface area contributed by atoms with Crippen LogP contribution in [-0.2, 0) is 0 Å². The van der Waals surface area contributed by atoms with Gasteiger partial charge in [-0.2, -0.15) is 0 Å². The van der Waals surface area contributed by atoms with Gasteiger partial charge in [-0.3, -0.25) is 4.79 Å². The first-order valence-corrected chi connectivity index (χ1v) is 5.87. The number of carbonyl (C=O) groups is 1. The predicted octanol–water partition coefficient (Wildman–Crippen LogP) is 3.62. The predicted molar refractivity (Wildman–Crippen MR) is 71.5 cm³/mol. The van der Waals surface area contributed by atoms with Crippen LogP contribution in [0.1, 0.15) is 36.7 Å². The molecule has 1 amide bonds. The minimum atomic E-state index is -0.229. The molecule has 0 unspecified atom stereocenters. The Morgan fingerprint density at radius 3 is 2.50 bits per heavy atom. The second-order valence-corrected chi connectivity index (χ2v) is 5.50. The number of carbonyl (C=O) groups excluding carboxylic acids is 1. The van der Waals surface area contributed by atoms with Crippen LogP contribution in [0.2, 0.25) is 0 Å². The zero-order valence-corrected chi connectivity index (χ0v) is 11.4. The van der Waals surface area contributed by atoms with Crippen molar-refractivity contribution in [2.45, 2.75) is 26.3 Å². The summed E-state index contributed by atoms with van der Waals surface area (Å²) in [4.78, 5) is 11.9. The highest BCUT2D eigenvalue weighted by molar-refractivity contribution is 9.10. The van der Waals surface area contributed by atoms with E-state index in [0.717, 1.165) is 10.0 Å². The second kappa shape index (κ2) is 4.83. The lowest BCUT2D eigenvalue weighted by molar-refractivity contribution is 0.0919. The molecule has 1 rings (SSSR count). The maximum absolute atomic E-state index is 11.9. The summed E-state index contributed by atoms with van der Waals surface area (Å²) in [6.07, 6.45) is 1.75. The van der Waals surface area contributed by atoms with Crippen LogP contribution in [0, 0.1) is 0 Å². The molecule has 16 heavy (non-hydrogen) atoms. The molecule has 2 nitrogen and oxygen atoms in total. The van der Waals surface area contributed by atoms with E-state index in [1.54, 1.807) is 12.1 Å². The number of nitrogens with one attached hydrogen (secondary N) is 1. The van der Waals surface area contributed by atoms with E-state index >= 15 is 0 Å². The van der Waals surface area contributed by atoms with Gasteiger partial charge in [0.2, 0.25) is 0 Å². The van der Waals surface area contributed by atoms with Crippen molar-refractivity contribution in [2.24, 2.45) is 0 Å². The molecule has 0 radical (unpaired) electrons. The van der Waals surface area contributed by atoms with Gasteiger partial charge in [0.05, 0.1) is 5.56 Å². The van der Waals surface area contributed by atoms with E-state index in [4.69, 9.17) is 0 Å². The first-order chi connectivity index (χ1) is 7.33. The number of amides is 1. The molecular weight excluding hydrogens is 266 g/mol. The first-order valence-electron chi connectivity index (χ1n) is 5.08. The van der Waals surface area contributed by atoms with Gasteiger partial charge in [-0.05, 0) is 54.4 Å². The lowest BCUT2D eigenvalue weighted by atomic mass is 10.1. The van der Waals surface area contributed by atoms with E-state index in [2.05, 4.69) is 27.8 Å². The maximum Gasteiger partial charge on any atom is 0.252 e. The minimum absolute atomic E-state index is 0.0741. The maximum atomic E-state index is 11.9. The topological polar surface area (TPSA) is 29.1 Å². The van der Waals surface area contributed by atoms with Gasteiger partial charge in [-0.1, -0.05) is 18.7 Å². The molecular formula is C13H16BrNO. The fourth-order valence-corrected chi connectivity index (χ4v) is 1.83. The molecule has 0 heterocycles. The molecule has 0 fully saturated rings. The smallest absolute Gasteiger partial charge is 0.252 e. The summed E-state index contributed by atoms with van der Waals surface area (Å²) < 4.78 is 0.784. The minimum Gasteiger partial charge on any atom is -0.347 e. The van der Waals surface area contributed by atoms with Crippen LogP contribution >= 0.6 is 15.9 Å². The van der Waals surface area contributed by atoms with Gasteiger partial charge in [0.25, 0.3) is 5.91 Å². The summed E-state index contributed by atoms with van der Waals surface area (Å²) in [6.45, 7) is 9.55. The summed E-state index contributed by atoms with van der Waals surface area (Å²) in [5, 5.41) is 2.92. The van der Waals surface area contributed by atoms with Crippen molar-refractivity contribution in [3.8, 4) is 0 Å². The third kappa shape index (κ3) is 3.49. The molecule has 0 atom stereocenters. The lowest BCUT2D eigenvalue weighted by Gasteiger charge is -2.21. The molecule has 1 aromatic rings. The zero-order chi connectivity index (χ0) is 12.3. The highest BCUT2D eigenvalue weighted by atomic mass is 79.9. The fraction of sp³-hybridized carbons (Fsp3) is 0.308. The zero-order valence-electron chi connectivity index (χ0n) is 9.80. The third-order valence-electron chi connectivity index (χ3n) is 1.96. The van der Waals surface area contributed by atoms with E-state index in [9.17, 15) is 4.79 Å². The summed E-state index contributed by atoms with van der Waals surface area (Å²) in [6, 6.07) is 5.54. The molecule has 0 saturated carbocycles. The van der Waals surface area contributed by atoms with Crippen LogP contribution < -0.4 is 5.32 Å². The molecule has 0 aliphatic rings. The number of benzene rings is 1. The summed E-state index contributed by atoms with van der Waals surface area (Å²) in [5.41, 5.74) is 1.40. The quantitative estimate of drug-likeness (QED) is 0.882. The number of hydrogen-bond acceptors (Lipinski definition) is 1. The average Bonchev–Trinajstić information content (AvgIpc) is 2.14. The Morgan fingerprint density at radius 2 is 2.06 bits per heavy atom. The van der Waals surface area contributed by atoms with E-state index in [0.29, 0.717) is 5.56 Å².